The molecule has 2 atom stereocenters. The van der Waals surface area contributed by atoms with Gasteiger partial charge in [0.2, 0.25) is 5.91 Å². The molecule has 0 aliphatic carbocycles. The molecule has 0 aromatic heterocycles. The van der Waals surface area contributed by atoms with Crippen LogP contribution in [0, 0.1) is 5.92 Å². The molecular weight excluding hydrogens is 212 g/mol. The molecule has 3 nitrogen and oxygen atoms in total. The van der Waals surface area contributed by atoms with E-state index in [1.807, 2.05) is 0 Å². The summed E-state index contributed by atoms with van der Waals surface area (Å²) in [7, 11) is 0. The zero-order chi connectivity index (χ0) is 12.9. The molecule has 1 saturated heterocycles. The zero-order valence-electron chi connectivity index (χ0n) is 11.8. The maximum absolute atomic E-state index is 12.5. The molecule has 0 radical (unpaired) electrons. The van der Waals surface area contributed by atoms with Gasteiger partial charge in [-0.2, -0.15) is 0 Å². The Hall–Kier alpha value is -0.570. The minimum atomic E-state index is -0.281. The first-order valence-corrected chi connectivity index (χ1v) is 7.11. The average molecular weight is 240 g/mol. The number of hydrogen-bond acceptors (Lipinski definition) is 2. The van der Waals surface area contributed by atoms with Crippen LogP contribution in [0.5, 0.6) is 0 Å². The Balaban J connectivity index is 2.65. The van der Waals surface area contributed by atoms with Crippen molar-refractivity contribution < 1.29 is 4.79 Å². The molecule has 0 bridgehead atoms. The van der Waals surface area contributed by atoms with Crippen LogP contribution in [0.3, 0.4) is 0 Å². The molecule has 100 valence electrons. The third kappa shape index (κ3) is 3.44. The minimum absolute atomic E-state index is 0.220. The largest absolute Gasteiger partial charge is 0.352 e. The van der Waals surface area contributed by atoms with E-state index in [2.05, 4.69) is 38.3 Å². The van der Waals surface area contributed by atoms with Gasteiger partial charge in [-0.1, -0.05) is 34.1 Å². The SMILES string of the molecule is CCCC1(C(=O)NC(CC)C(C)C)CCCN1. The molecule has 1 aliphatic heterocycles. The Kier molecular flexibility index (Phi) is 5.44. The number of nitrogens with one attached hydrogen (secondary N) is 2. The highest BCUT2D eigenvalue weighted by molar-refractivity contribution is 5.87. The van der Waals surface area contributed by atoms with E-state index in [9.17, 15) is 4.79 Å². The lowest BCUT2D eigenvalue weighted by molar-refractivity contribution is -0.128. The van der Waals surface area contributed by atoms with Crippen molar-refractivity contribution in [2.75, 3.05) is 6.54 Å². The van der Waals surface area contributed by atoms with Crippen LogP contribution in [0.4, 0.5) is 0 Å². The molecular formula is C14H28N2O. The molecule has 0 aromatic carbocycles. The maximum atomic E-state index is 12.5. The third-order valence-electron chi connectivity index (χ3n) is 3.92. The lowest BCUT2D eigenvalue weighted by atomic mass is 9.89. The summed E-state index contributed by atoms with van der Waals surface area (Å²) in [6.07, 6.45) is 5.12. The molecule has 1 heterocycles. The van der Waals surface area contributed by atoms with E-state index in [1.165, 1.54) is 0 Å². The molecule has 1 aliphatic rings. The Labute approximate surface area is 106 Å². The van der Waals surface area contributed by atoms with Crippen molar-refractivity contribution in [3.05, 3.63) is 0 Å². The summed E-state index contributed by atoms with van der Waals surface area (Å²) in [6.45, 7) is 9.60. The monoisotopic (exact) mass is 240 g/mol. The van der Waals surface area contributed by atoms with Gasteiger partial charge in [-0.05, 0) is 38.1 Å². The van der Waals surface area contributed by atoms with Crippen molar-refractivity contribution in [1.82, 2.24) is 10.6 Å². The van der Waals surface area contributed by atoms with E-state index in [1.54, 1.807) is 0 Å². The Morgan fingerprint density at radius 1 is 1.41 bits per heavy atom. The predicted octanol–water partition coefficient (Wildman–Crippen LogP) is 2.46. The van der Waals surface area contributed by atoms with Gasteiger partial charge in [0, 0.05) is 6.04 Å². The van der Waals surface area contributed by atoms with E-state index in [4.69, 9.17) is 0 Å². The average Bonchev–Trinajstić information content (AvgIpc) is 2.75. The van der Waals surface area contributed by atoms with Gasteiger partial charge in [0.05, 0.1) is 5.54 Å². The Bertz CT molecular complexity index is 245. The van der Waals surface area contributed by atoms with Crippen LogP contribution >= 0.6 is 0 Å². The van der Waals surface area contributed by atoms with Crippen molar-refractivity contribution in [3.63, 3.8) is 0 Å². The highest BCUT2D eigenvalue weighted by atomic mass is 16.2. The molecule has 1 fully saturated rings. The van der Waals surface area contributed by atoms with Gasteiger partial charge < -0.3 is 10.6 Å². The minimum Gasteiger partial charge on any atom is -0.352 e. The lowest BCUT2D eigenvalue weighted by Gasteiger charge is -2.31. The molecule has 2 N–H and O–H groups in total. The molecule has 1 rings (SSSR count). The van der Waals surface area contributed by atoms with E-state index < -0.39 is 0 Å². The highest BCUT2D eigenvalue weighted by Crippen LogP contribution is 2.25. The fraction of sp³-hybridized carbons (Fsp3) is 0.929. The fourth-order valence-electron chi connectivity index (χ4n) is 2.80. The first-order chi connectivity index (χ1) is 8.05. The van der Waals surface area contributed by atoms with Crippen molar-refractivity contribution in [2.24, 2.45) is 5.92 Å². The summed E-state index contributed by atoms with van der Waals surface area (Å²) in [4.78, 5) is 12.5. The maximum Gasteiger partial charge on any atom is 0.240 e. The van der Waals surface area contributed by atoms with Crippen molar-refractivity contribution in [1.29, 1.82) is 0 Å². The van der Waals surface area contributed by atoms with Crippen LogP contribution in [0.25, 0.3) is 0 Å². The van der Waals surface area contributed by atoms with Crippen molar-refractivity contribution in [3.8, 4) is 0 Å². The van der Waals surface area contributed by atoms with Crippen LogP contribution in [0.15, 0.2) is 0 Å². The van der Waals surface area contributed by atoms with Gasteiger partial charge in [0.15, 0.2) is 0 Å². The van der Waals surface area contributed by atoms with Gasteiger partial charge in [0.1, 0.15) is 0 Å². The van der Waals surface area contributed by atoms with Gasteiger partial charge >= 0.3 is 0 Å². The van der Waals surface area contributed by atoms with Gasteiger partial charge in [-0.25, -0.2) is 0 Å². The summed E-state index contributed by atoms with van der Waals surface area (Å²) < 4.78 is 0. The van der Waals surface area contributed by atoms with Crippen LogP contribution in [0.2, 0.25) is 0 Å². The van der Waals surface area contributed by atoms with E-state index in [0.717, 1.165) is 38.6 Å². The molecule has 1 amide bonds. The standard InChI is InChI=1S/C14H28N2O/c1-5-8-14(9-7-10-15-14)13(17)16-12(6-2)11(3)4/h11-12,15H,5-10H2,1-4H3,(H,16,17). The highest BCUT2D eigenvalue weighted by Gasteiger charge is 2.40. The van der Waals surface area contributed by atoms with Gasteiger partial charge in [-0.3, -0.25) is 4.79 Å². The molecule has 0 spiro atoms. The third-order valence-corrected chi connectivity index (χ3v) is 3.92. The molecule has 3 heteroatoms. The molecule has 17 heavy (non-hydrogen) atoms. The number of amides is 1. The summed E-state index contributed by atoms with van der Waals surface area (Å²) in [5.41, 5.74) is -0.281. The quantitative estimate of drug-likeness (QED) is 0.749. The normalized spacial score (nSPS) is 26.2. The molecule has 0 saturated carbocycles. The van der Waals surface area contributed by atoms with Crippen LogP contribution in [0.1, 0.15) is 59.8 Å². The summed E-state index contributed by atoms with van der Waals surface area (Å²) >= 11 is 0. The Morgan fingerprint density at radius 3 is 2.53 bits per heavy atom. The summed E-state index contributed by atoms with van der Waals surface area (Å²) in [5.74, 6) is 0.724. The zero-order valence-corrected chi connectivity index (χ0v) is 11.8. The van der Waals surface area contributed by atoms with Gasteiger partial charge in [0.25, 0.3) is 0 Å². The Morgan fingerprint density at radius 2 is 2.12 bits per heavy atom. The van der Waals surface area contributed by atoms with E-state index >= 15 is 0 Å². The smallest absolute Gasteiger partial charge is 0.240 e. The second-order valence-corrected chi connectivity index (χ2v) is 5.59. The van der Waals surface area contributed by atoms with Crippen molar-refractivity contribution in [2.45, 2.75) is 71.4 Å². The molecule has 0 aromatic rings. The second-order valence-electron chi connectivity index (χ2n) is 5.59. The number of hydrogen-bond donors (Lipinski definition) is 2. The van der Waals surface area contributed by atoms with Crippen LogP contribution in [-0.2, 0) is 4.79 Å². The summed E-state index contributed by atoms with van der Waals surface area (Å²) in [5, 5.41) is 6.66. The molecule has 2 unspecified atom stereocenters. The summed E-state index contributed by atoms with van der Waals surface area (Å²) in [6, 6.07) is 0.304. The van der Waals surface area contributed by atoms with E-state index in [0.29, 0.717) is 12.0 Å². The number of carbonyl (C=O) groups is 1. The van der Waals surface area contributed by atoms with E-state index in [-0.39, 0.29) is 11.4 Å². The first-order valence-electron chi connectivity index (χ1n) is 7.11. The number of carbonyl (C=O) groups excluding carboxylic acids is 1. The van der Waals surface area contributed by atoms with Crippen molar-refractivity contribution >= 4 is 5.91 Å². The van der Waals surface area contributed by atoms with Crippen LogP contribution < -0.4 is 10.6 Å². The first kappa shape index (κ1) is 14.5. The second kappa shape index (κ2) is 6.39. The topological polar surface area (TPSA) is 41.1 Å². The number of rotatable bonds is 6. The fourth-order valence-corrected chi connectivity index (χ4v) is 2.80. The predicted molar refractivity (Wildman–Crippen MR) is 71.9 cm³/mol. The lowest BCUT2D eigenvalue weighted by Crippen LogP contribution is -2.56. The van der Waals surface area contributed by atoms with Gasteiger partial charge in [-0.15, -0.1) is 0 Å². The van der Waals surface area contributed by atoms with Crippen LogP contribution in [-0.4, -0.2) is 24.0 Å².